The standard InChI is InChI=1S/C25H32N4O6S2/c1-3-28-15-12-19-20(16-28)36-24(21(19)23(31)27-25(32)35-4-2)26-22(30)17-8-10-18(11-9-17)37(33,34)29-13-6-5-7-14-29/h8-11H,3-7,12-16H2,1-2H3,(H,26,30)(H,27,31,32). The van der Waals surface area contributed by atoms with Gasteiger partial charge < -0.3 is 10.1 Å². The number of fused-ring (bicyclic) bond motifs is 1. The van der Waals surface area contributed by atoms with Crippen LogP contribution in [0.1, 0.15) is 64.3 Å². The van der Waals surface area contributed by atoms with E-state index in [1.165, 1.54) is 39.9 Å². The molecule has 200 valence electrons. The molecule has 0 bridgehead atoms. The molecule has 0 atom stereocenters. The Hall–Kier alpha value is -2.80. The van der Waals surface area contributed by atoms with Crippen molar-refractivity contribution in [3.05, 3.63) is 45.8 Å². The summed E-state index contributed by atoms with van der Waals surface area (Å²) in [5, 5.41) is 5.40. The first-order valence-corrected chi connectivity index (χ1v) is 14.8. The molecule has 10 nitrogen and oxygen atoms in total. The number of hydrogen-bond donors (Lipinski definition) is 2. The minimum absolute atomic E-state index is 0.124. The van der Waals surface area contributed by atoms with Crippen LogP contribution in [-0.4, -0.2) is 68.3 Å². The Morgan fingerprint density at radius 2 is 1.70 bits per heavy atom. The number of nitrogens with zero attached hydrogens (tertiary/aromatic N) is 2. The lowest BCUT2D eigenvalue weighted by atomic mass is 10.0. The molecule has 0 spiro atoms. The highest BCUT2D eigenvalue weighted by atomic mass is 32.2. The van der Waals surface area contributed by atoms with Gasteiger partial charge in [-0.2, -0.15) is 4.31 Å². The summed E-state index contributed by atoms with van der Waals surface area (Å²) in [4.78, 5) is 41.4. The number of amides is 3. The molecule has 2 aromatic rings. The van der Waals surface area contributed by atoms with E-state index in [0.717, 1.165) is 42.8 Å². The Balaban J connectivity index is 1.56. The Labute approximate surface area is 221 Å². The van der Waals surface area contributed by atoms with Crippen molar-refractivity contribution in [2.24, 2.45) is 0 Å². The van der Waals surface area contributed by atoms with Crippen LogP contribution >= 0.6 is 11.3 Å². The number of benzene rings is 1. The van der Waals surface area contributed by atoms with Crippen LogP contribution in [0.3, 0.4) is 0 Å². The van der Waals surface area contributed by atoms with Gasteiger partial charge in [0.2, 0.25) is 10.0 Å². The van der Waals surface area contributed by atoms with E-state index in [-0.39, 0.29) is 22.6 Å². The number of anilines is 1. The van der Waals surface area contributed by atoms with Crippen molar-refractivity contribution in [1.29, 1.82) is 0 Å². The Morgan fingerprint density at radius 3 is 2.35 bits per heavy atom. The first-order chi connectivity index (χ1) is 17.7. The highest BCUT2D eigenvalue weighted by molar-refractivity contribution is 7.89. The minimum Gasteiger partial charge on any atom is -0.450 e. The van der Waals surface area contributed by atoms with E-state index in [2.05, 4.69) is 22.5 Å². The first kappa shape index (κ1) is 27.2. The average Bonchev–Trinajstić information content (AvgIpc) is 3.26. The molecule has 4 rings (SSSR count). The van der Waals surface area contributed by atoms with Crippen LogP contribution in [0.15, 0.2) is 29.2 Å². The zero-order valence-corrected chi connectivity index (χ0v) is 22.7. The maximum atomic E-state index is 13.1. The van der Waals surface area contributed by atoms with Crippen LogP contribution < -0.4 is 10.6 Å². The van der Waals surface area contributed by atoms with Crippen LogP contribution in [-0.2, 0) is 27.7 Å². The molecule has 0 aliphatic carbocycles. The third-order valence-electron chi connectivity index (χ3n) is 6.60. The van der Waals surface area contributed by atoms with Gasteiger partial charge in [-0.3, -0.25) is 19.8 Å². The smallest absolute Gasteiger partial charge is 0.414 e. The van der Waals surface area contributed by atoms with E-state index in [9.17, 15) is 22.8 Å². The van der Waals surface area contributed by atoms with E-state index in [4.69, 9.17) is 4.74 Å². The highest BCUT2D eigenvalue weighted by Crippen LogP contribution is 2.37. The van der Waals surface area contributed by atoms with Gasteiger partial charge in [0.25, 0.3) is 11.8 Å². The molecule has 1 saturated heterocycles. The predicted octanol–water partition coefficient (Wildman–Crippen LogP) is 3.44. The van der Waals surface area contributed by atoms with E-state index >= 15 is 0 Å². The van der Waals surface area contributed by atoms with Gasteiger partial charge >= 0.3 is 6.09 Å². The molecule has 3 amide bonds. The molecule has 1 aromatic heterocycles. The largest absolute Gasteiger partial charge is 0.450 e. The average molecular weight is 549 g/mol. The van der Waals surface area contributed by atoms with E-state index < -0.39 is 27.9 Å². The molecule has 1 aromatic carbocycles. The second-order valence-electron chi connectivity index (χ2n) is 8.94. The van der Waals surface area contributed by atoms with Crippen LogP contribution in [0.4, 0.5) is 9.80 Å². The number of imide groups is 1. The highest BCUT2D eigenvalue weighted by Gasteiger charge is 2.30. The molecule has 0 unspecified atom stereocenters. The van der Waals surface area contributed by atoms with Crippen molar-refractivity contribution < 1.29 is 27.5 Å². The second kappa shape index (κ2) is 11.7. The lowest BCUT2D eigenvalue weighted by molar-refractivity contribution is 0.0924. The number of piperidine rings is 1. The molecule has 12 heteroatoms. The number of carbonyl (C=O) groups is 3. The third kappa shape index (κ3) is 6.03. The minimum atomic E-state index is -3.61. The number of carbonyl (C=O) groups excluding carboxylic acids is 3. The lowest BCUT2D eigenvalue weighted by Crippen LogP contribution is -2.35. The van der Waals surface area contributed by atoms with Crippen molar-refractivity contribution in [2.45, 2.75) is 51.0 Å². The SMILES string of the molecule is CCOC(=O)NC(=O)c1c(NC(=O)c2ccc(S(=O)(=O)N3CCCCC3)cc2)sc2c1CCN(CC)C2. The van der Waals surface area contributed by atoms with Gasteiger partial charge in [-0.25, -0.2) is 13.2 Å². The number of ether oxygens (including phenoxy) is 1. The number of hydrogen-bond acceptors (Lipinski definition) is 8. The molecule has 2 N–H and O–H groups in total. The van der Waals surface area contributed by atoms with Gasteiger partial charge in [0, 0.05) is 36.6 Å². The van der Waals surface area contributed by atoms with Crippen molar-refractivity contribution >= 4 is 44.3 Å². The summed E-state index contributed by atoms with van der Waals surface area (Å²) in [7, 11) is -3.61. The third-order valence-corrected chi connectivity index (χ3v) is 9.64. The van der Waals surface area contributed by atoms with Crippen LogP contribution in [0, 0.1) is 0 Å². The monoisotopic (exact) mass is 548 g/mol. The summed E-state index contributed by atoms with van der Waals surface area (Å²) in [6, 6.07) is 5.81. The number of rotatable bonds is 7. The number of alkyl carbamates (subject to hydrolysis) is 1. The number of likely N-dealkylation sites (N-methyl/N-ethyl adjacent to an activating group) is 1. The predicted molar refractivity (Wildman–Crippen MR) is 140 cm³/mol. The van der Waals surface area contributed by atoms with Crippen molar-refractivity contribution in [1.82, 2.24) is 14.5 Å². The van der Waals surface area contributed by atoms with Crippen LogP contribution in [0.25, 0.3) is 0 Å². The summed E-state index contributed by atoms with van der Waals surface area (Å²) in [5.41, 5.74) is 1.34. The fourth-order valence-electron chi connectivity index (χ4n) is 4.58. The van der Waals surface area contributed by atoms with E-state index in [1.807, 2.05) is 0 Å². The lowest BCUT2D eigenvalue weighted by Gasteiger charge is -2.25. The van der Waals surface area contributed by atoms with Gasteiger partial charge in [-0.05, 0) is 62.6 Å². The summed E-state index contributed by atoms with van der Waals surface area (Å²) in [6.45, 7) is 7.10. The Kier molecular flexibility index (Phi) is 8.63. The number of nitrogens with one attached hydrogen (secondary N) is 2. The summed E-state index contributed by atoms with van der Waals surface area (Å²) in [5.74, 6) is -1.10. The molecular weight excluding hydrogens is 516 g/mol. The fraction of sp³-hybridized carbons (Fsp3) is 0.480. The van der Waals surface area contributed by atoms with Crippen molar-refractivity contribution in [3.63, 3.8) is 0 Å². The van der Waals surface area contributed by atoms with Gasteiger partial charge in [-0.1, -0.05) is 13.3 Å². The maximum Gasteiger partial charge on any atom is 0.414 e. The summed E-state index contributed by atoms with van der Waals surface area (Å²) >= 11 is 1.31. The number of thiophene rings is 1. The molecule has 0 saturated carbocycles. The molecule has 0 radical (unpaired) electrons. The molecule has 2 aliphatic rings. The quantitative estimate of drug-likeness (QED) is 0.543. The zero-order valence-electron chi connectivity index (χ0n) is 21.0. The summed E-state index contributed by atoms with van der Waals surface area (Å²) < 4.78 is 32.2. The topological polar surface area (TPSA) is 125 Å². The van der Waals surface area contributed by atoms with Crippen molar-refractivity contribution in [2.75, 3.05) is 38.1 Å². The summed E-state index contributed by atoms with van der Waals surface area (Å²) in [6.07, 6.45) is 2.47. The Bertz CT molecular complexity index is 1270. The normalized spacial score (nSPS) is 16.6. The van der Waals surface area contributed by atoms with E-state index in [0.29, 0.717) is 31.1 Å². The van der Waals surface area contributed by atoms with Gasteiger partial charge in [0.1, 0.15) is 5.00 Å². The van der Waals surface area contributed by atoms with Crippen LogP contribution in [0.5, 0.6) is 0 Å². The second-order valence-corrected chi connectivity index (χ2v) is 12.0. The van der Waals surface area contributed by atoms with Crippen LogP contribution in [0.2, 0.25) is 0 Å². The molecule has 37 heavy (non-hydrogen) atoms. The number of sulfonamides is 1. The van der Waals surface area contributed by atoms with Crippen molar-refractivity contribution in [3.8, 4) is 0 Å². The zero-order chi connectivity index (χ0) is 26.6. The molecule has 1 fully saturated rings. The molecule has 2 aliphatic heterocycles. The maximum absolute atomic E-state index is 13.1. The van der Waals surface area contributed by atoms with Gasteiger partial charge in [0.15, 0.2) is 0 Å². The Morgan fingerprint density at radius 1 is 1.00 bits per heavy atom. The molecule has 3 heterocycles. The van der Waals surface area contributed by atoms with Gasteiger partial charge in [-0.15, -0.1) is 11.3 Å². The van der Waals surface area contributed by atoms with Gasteiger partial charge in [0.05, 0.1) is 17.1 Å². The molecular formula is C25H32N4O6S2. The fourth-order valence-corrected chi connectivity index (χ4v) is 7.38. The van der Waals surface area contributed by atoms with E-state index in [1.54, 1.807) is 6.92 Å². The first-order valence-electron chi connectivity index (χ1n) is 12.5.